The van der Waals surface area contributed by atoms with Crippen molar-refractivity contribution in [3.63, 3.8) is 0 Å². The van der Waals surface area contributed by atoms with Crippen molar-refractivity contribution in [2.24, 2.45) is 0 Å². The van der Waals surface area contributed by atoms with Gasteiger partial charge in [-0.05, 0) is 30.3 Å². The van der Waals surface area contributed by atoms with Gasteiger partial charge in [0.15, 0.2) is 5.75 Å². The van der Waals surface area contributed by atoms with Crippen LogP contribution in [0, 0.1) is 0 Å². The Bertz CT molecular complexity index is 673. The molecule has 2 aromatic rings. The minimum atomic E-state index is -4.48. The highest BCUT2D eigenvalue weighted by atomic mass is 19.4. The first kappa shape index (κ1) is 16.7. The van der Waals surface area contributed by atoms with Gasteiger partial charge in [-0.1, -0.05) is 24.3 Å². The van der Waals surface area contributed by atoms with Gasteiger partial charge in [-0.25, -0.2) is 4.79 Å². The van der Waals surface area contributed by atoms with Crippen LogP contribution < -0.4 is 9.90 Å². The van der Waals surface area contributed by atoms with Crippen molar-refractivity contribution in [1.29, 1.82) is 0 Å². The molecular formula is C16H15F3N2O2. The van der Waals surface area contributed by atoms with Crippen molar-refractivity contribution in [3.05, 3.63) is 60.2 Å². The van der Waals surface area contributed by atoms with Gasteiger partial charge < -0.3 is 9.74 Å². The number of amides is 2. The average Bonchev–Trinajstić information content (AvgIpc) is 2.52. The monoisotopic (exact) mass is 324 g/mol. The summed E-state index contributed by atoms with van der Waals surface area (Å²) in [4.78, 5) is 18.9. The van der Waals surface area contributed by atoms with Gasteiger partial charge in [0.05, 0.1) is 11.3 Å². The number of hydroxylamine groups is 1. The number of hydrogen-bond donors (Lipinski definition) is 0. The molecule has 0 radical (unpaired) electrons. The van der Waals surface area contributed by atoms with E-state index in [1.807, 2.05) is 0 Å². The van der Waals surface area contributed by atoms with Gasteiger partial charge in [0, 0.05) is 14.1 Å². The average molecular weight is 324 g/mol. The van der Waals surface area contributed by atoms with Crippen molar-refractivity contribution in [1.82, 2.24) is 4.90 Å². The number of alkyl halides is 3. The van der Waals surface area contributed by atoms with Crippen LogP contribution in [0.3, 0.4) is 0 Å². The van der Waals surface area contributed by atoms with Crippen LogP contribution in [0.25, 0.3) is 0 Å². The molecule has 7 heteroatoms. The largest absolute Gasteiger partial charge is 0.416 e. The molecule has 2 aromatic carbocycles. The topological polar surface area (TPSA) is 32.8 Å². The van der Waals surface area contributed by atoms with Gasteiger partial charge in [0.1, 0.15) is 0 Å². The fourth-order valence-electron chi connectivity index (χ4n) is 1.78. The Labute approximate surface area is 131 Å². The molecule has 0 aliphatic carbocycles. The van der Waals surface area contributed by atoms with Crippen LogP contribution >= 0.6 is 0 Å². The first-order valence-corrected chi connectivity index (χ1v) is 6.71. The van der Waals surface area contributed by atoms with Crippen LogP contribution in [-0.4, -0.2) is 25.0 Å². The Morgan fingerprint density at radius 1 is 1.00 bits per heavy atom. The van der Waals surface area contributed by atoms with E-state index in [1.54, 1.807) is 30.3 Å². The maximum absolute atomic E-state index is 12.8. The number of hydrogen-bond acceptors (Lipinski definition) is 2. The lowest BCUT2D eigenvalue weighted by Gasteiger charge is -2.25. The molecule has 2 rings (SSSR count). The Morgan fingerprint density at radius 2 is 1.65 bits per heavy atom. The van der Waals surface area contributed by atoms with Crippen LogP contribution in [0.5, 0.6) is 5.75 Å². The predicted molar refractivity (Wildman–Crippen MR) is 80.1 cm³/mol. The molecule has 2 amide bonds. The summed E-state index contributed by atoms with van der Waals surface area (Å²) >= 11 is 0. The van der Waals surface area contributed by atoms with Gasteiger partial charge in [-0.2, -0.15) is 13.2 Å². The number of para-hydroxylation sites is 1. The summed E-state index contributed by atoms with van der Waals surface area (Å²) in [5.41, 5.74) is -0.441. The molecule has 4 nitrogen and oxygen atoms in total. The van der Waals surface area contributed by atoms with Crippen LogP contribution in [0.2, 0.25) is 0 Å². The fraction of sp³-hybridized carbons (Fsp3) is 0.188. The van der Waals surface area contributed by atoms with Gasteiger partial charge in [-0.15, -0.1) is 5.06 Å². The first-order chi connectivity index (χ1) is 10.8. The zero-order valence-electron chi connectivity index (χ0n) is 12.5. The summed E-state index contributed by atoms with van der Waals surface area (Å²) in [5.74, 6) is -0.0844. The maximum Gasteiger partial charge on any atom is 0.416 e. The van der Waals surface area contributed by atoms with Gasteiger partial charge >= 0.3 is 12.2 Å². The quantitative estimate of drug-likeness (QED) is 0.793. The fourth-order valence-corrected chi connectivity index (χ4v) is 1.78. The van der Waals surface area contributed by atoms with E-state index in [2.05, 4.69) is 0 Å². The molecule has 0 saturated carbocycles. The predicted octanol–water partition coefficient (Wildman–Crippen LogP) is 4.19. The van der Waals surface area contributed by atoms with Crippen LogP contribution in [0.15, 0.2) is 54.6 Å². The summed E-state index contributed by atoms with van der Waals surface area (Å²) in [7, 11) is 3.04. The number of rotatable bonds is 3. The van der Waals surface area contributed by atoms with Gasteiger partial charge in [0.2, 0.25) is 0 Å². The van der Waals surface area contributed by atoms with E-state index in [4.69, 9.17) is 4.84 Å². The first-order valence-electron chi connectivity index (χ1n) is 6.71. The second-order valence-corrected chi connectivity index (χ2v) is 4.92. The molecule has 0 unspecified atom stereocenters. The zero-order chi connectivity index (χ0) is 17.0. The third kappa shape index (κ3) is 4.15. The van der Waals surface area contributed by atoms with Gasteiger partial charge in [-0.3, -0.25) is 0 Å². The Balaban J connectivity index is 2.34. The molecule has 0 heterocycles. The lowest BCUT2D eigenvalue weighted by molar-refractivity contribution is -0.137. The summed E-state index contributed by atoms with van der Waals surface area (Å²) in [5, 5.41) is 0.940. The van der Waals surface area contributed by atoms with Crippen molar-refractivity contribution < 1.29 is 22.8 Å². The third-order valence-electron chi connectivity index (χ3n) is 2.91. The number of urea groups is 1. The molecule has 122 valence electrons. The molecule has 0 fully saturated rings. The minimum Gasteiger partial charge on any atom is -0.370 e. The summed E-state index contributed by atoms with van der Waals surface area (Å²) in [6.45, 7) is 0. The number of benzene rings is 2. The van der Waals surface area contributed by atoms with E-state index in [9.17, 15) is 18.0 Å². The van der Waals surface area contributed by atoms with Crippen molar-refractivity contribution in [3.8, 4) is 5.75 Å². The molecule has 0 aromatic heterocycles. The maximum atomic E-state index is 12.8. The second-order valence-electron chi connectivity index (χ2n) is 4.92. The second kappa shape index (κ2) is 6.60. The number of anilines is 1. The van der Waals surface area contributed by atoms with E-state index in [-0.39, 0.29) is 5.75 Å². The normalized spacial score (nSPS) is 11.0. The Hall–Kier alpha value is -2.70. The summed E-state index contributed by atoms with van der Waals surface area (Å²) < 4.78 is 38.3. The molecule has 0 aliphatic heterocycles. The van der Waals surface area contributed by atoms with E-state index >= 15 is 0 Å². The zero-order valence-corrected chi connectivity index (χ0v) is 12.5. The summed E-state index contributed by atoms with van der Waals surface area (Å²) in [6, 6.07) is 12.2. The Kier molecular flexibility index (Phi) is 4.78. The number of halogens is 3. The standard InChI is InChI=1S/C16H15F3N2O2/c1-20(2)15(22)21(13-8-4-3-5-9-13)23-14-10-6-7-12(11-14)16(17,18)19/h3-11H,1-2H3. The molecule has 0 N–H and O–H groups in total. The van der Waals surface area contributed by atoms with Crippen LogP contribution in [0.1, 0.15) is 5.56 Å². The molecular weight excluding hydrogens is 309 g/mol. The molecule has 0 bridgehead atoms. The van der Waals surface area contributed by atoms with E-state index in [0.717, 1.165) is 17.2 Å². The number of nitrogens with zero attached hydrogens (tertiary/aromatic N) is 2. The van der Waals surface area contributed by atoms with Crippen molar-refractivity contribution in [2.45, 2.75) is 6.18 Å². The molecule has 0 saturated heterocycles. The van der Waals surface area contributed by atoms with Gasteiger partial charge in [0.25, 0.3) is 0 Å². The van der Waals surface area contributed by atoms with Crippen molar-refractivity contribution >= 4 is 11.7 Å². The van der Waals surface area contributed by atoms with E-state index in [1.165, 1.54) is 31.1 Å². The number of carbonyl (C=O) groups is 1. The lowest BCUT2D eigenvalue weighted by atomic mass is 10.2. The molecule has 0 aliphatic rings. The van der Waals surface area contributed by atoms with Crippen LogP contribution in [0.4, 0.5) is 23.7 Å². The molecule has 0 spiro atoms. The van der Waals surface area contributed by atoms with E-state index in [0.29, 0.717) is 5.69 Å². The number of carbonyl (C=O) groups excluding carboxylic acids is 1. The highest BCUT2D eigenvalue weighted by Crippen LogP contribution is 2.32. The summed E-state index contributed by atoms with van der Waals surface area (Å²) in [6.07, 6.45) is -4.48. The Morgan fingerprint density at radius 3 is 2.22 bits per heavy atom. The highest BCUT2D eigenvalue weighted by molar-refractivity contribution is 5.89. The SMILES string of the molecule is CN(C)C(=O)N(Oc1cccc(C(F)(F)F)c1)c1ccccc1. The third-order valence-corrected chi connectivity index (χ3v) is 2.91. The highest BCUT2D eigenvalue weighted by Gasteiger charge is 2.31. The van der Waals surface area contributed by atoms with E-state index < -0.39 is 17.8 Å². The van der Waals surface area contributed by atoms with Crippen molar-refractivity contribution in [2.75, 3.05) is 19.2 Å². The molecule has 23 heavy (non-hydrogen) atoms. The minimum absolute atomic E-state index is 0.0844. The van der Waals surface area contributed by atoms with Crippen LogP contribution in [-0.2, 0) is 6.18 Å². The lowest BCUT2D eigenvalue weighted by Crippen LogP contribution is -2.41. The molecule has 0 atom stereocenters. The smallest absolute Gasteiger partial charge is 0.370 e.